The van der Waals surface area contributed by atoms with Crippen LogP contribution in [-0.4, -0.2) is 23.3 Å². The van der Waals surface area contributed by atoms with Gasteiger partial charge in [0.15, 0.2) is 5.43 Å². The second kappa shape index (κ2) is 10.3. The van der Waals surface area contributed by atoms with E-state index in [0.717, 1.165) is 11.1 Å². The molecule has 0 saturated heterocycles. The van der Waals surface area contributed by atoms with Crippen LogP contribution in [0.15, 0.2) is 57.3 Å². The van der Waals surface area contributed by atoms with E-state index in [2.05, 4.69) is 0 Å². The first kappa shape index (κ1) is 23.5. The van der Waals surface area contributed by atoms with Crippen LogP contribution >= 0.6 is 0 Å². The molecule has 2 N–H and O–H groups in total. The van der Waals surface area contributed by atoms with Gasteiger partial charge >= 0.3 is 5.97 Å². The maximum absolute atomic E-state index is 12.0. The minimum Gasteiger partial charge on any atom is -0.508 e. The van der Waals surface area contributed by atoms with Crippen molar-refractivity contribution in [2.75, 3.05) is 7.11 Å². The third kappa shape index (κ3) is 6.37. The van der Waals surface area contributed by atoms with E-state index in [0.29, 0.717) is 29.3 Å². The van der Waals surface area contributed by atoms with E-state index in [9.17, 15) is 14.7 Å². The van der Waals surface area contributed by atoms with E-state index >= 15 is 0 Å². The number of rotatable bonds is 4. The second-order valence-electron chi connectivity index (χ2n) is 7.08. The van der Waals surface area contributed by atoms with Crippen molar-refractivity contribution in [2.24, 2.45) is 0 Å². The molecule has 0 saturated carbocycles. The van der Waals surface area contributed by atoms with Crippen LogP contribution in [0.3, 0.4) is 0 Å². The summed E-state index contributed by atoms with van der Waals surface area (Å²) < 4.78 is 15.7. The fourth-order valence-electron chi connectivity index (χ4n) is 2.82. The molecular formula is C24H26O7. The predicted molar refractivity (Wildman–Crippen MR) is 118 cm³/mol. The highest BCUT2D eigenvalue weighted by Crippen LogP contribution is 2.34. The number of aryl methyl sites for hydroxylation is 1. The van der Waals surface area contributed by atoms with Crippen molar-refractivity contribution in [1.29, 1.82) is 0 Å². The second-order valence-corrected chi connectivity index (χ2v) is 7.08. The number of ether oxygens (including phenoxy) is 2. The summed E-state index contributed by atoms with van der Waals surface area (Å²) in [7, 11) is 1.53. The van der Waals surface area contributed by atoms with Gasteiger partial charge in [0.25, 0.3) is 0 Å². The van der Waals surface area contributed by atoms with Crippen molar-refractivity contribution in [3.63, 3.8) is 0 Å². The van der Waals surface area contributed by atoms with Crippen molar-refractivity contribution in [1.82, 2.24) is 0 Å². The van der Waals surface area contributed by atoms with Gasteiger partial charge in [0.1, 0.15) is 39.7 Å². The Bertz CT molecular complexity index is 1150. The highest BCUT2D eigenvalue weighted by Gasteiger charge is 2.17. The number of carbonyl (C=O) groups is 1. The van der Waals surface area contributed by atoms with Crippen LogP contribution in [-0.2, 0) is 11.2 Å². The third-order valence-corrected chi connectivity index (χ3v) is 4.20. The lowest BCUT2D eigenvalue weighted by Gasteiger charge is -2.11. The summed E-state index contributed by atoms with van der Waals surface area (Å²) in [5, 5.41) is 19.1. The number of aromatic hydroxyl groups is 2. The minimum atomic E-state index is -0.365. The fraction of sp³-hybridized carbons (Fsp3) is 0.250. The minimum absolute atomic E-state index is 0.119. The molecule has 0 amide bonds. The molecule has 0 bridgehead atoms. The average Bonchev–Trinajstić information content (AvgIpc) is 2.68. The summed E-state index contributed by atoms with van der Waals surface area (Å²) >= 11 is 0. The van der Waals surface area contributed by atoms with Crippen LogP contribution in [0, 0.1) is 6.92 Å². The number of phenols is 2. The van der Waals surface area contributed by atoms with Gasteiger partial charge in [-0.3, -0.25) is 9.59 Å². The van der Waals surface area contributed by atoms with Crippen LogP contribution in [0.2, 0.25) is 0 Å². The first-order valence-electron chi connectivity index (χ1n) is 9.56. The maximum Gasteiger partial charge on any atom is 0.308 e. The molecule has 3 aromatic rings. The van der Waals surface area contributed by atoms with Gasteiger partial charge in [0.05, 0.1) is 7.11 Å². The van der Waals surface area contributed by atoms with E-state index in [4.69, 9.17) is 19.0 Å². The van der Waals surface area contributed by atoms with Crippen molar-refractivity contribution in [3.8, 4) is 23.0 Å². The first-order chi connectivity index (χ1) is 14.6. The number of allylic oxidation sites excluding steroid dienone is 2. The number of phenolic OH excluding ortho intramolecular Hbond substituents is 2. The van der Waals surface area contributed by atoms with Crippen LogP contribution in [0.5, 0.6) is 23.0 Å². The summed E-state index contributed by atoms with van der Waals surface area (Å²) in [4.78, 5) is 22.4. The number of benzene rings is 2. The van der Waals surface area contributed by atoms with Gasteiger partial charge in [-0.1, -0.05) is 11.6 Å². The monoisotopic (exact) mass is 426 g/mol. The smallest absolute Gasteiger partial charge is 0.308 e. The molecule has 1 aromatic heterocycles. The Kier molecular flexibility index (Phi) is 7.85. The molecule has 0 aliphatic heterocycles. The molecule has 2 aromatic carbocycles. The molecule has 164 valence electrons. The number of fused-ring (bicyclic) bond motifs is 1. The van der Waals surface area contributed by atoms with Crippen molar-refractivity contribution < 1.29 is 28.9 Å². The summed E-state index contributed by atoms with van der Waals surface area (Å²) in [5.41, 5.74) is 2.07. The van der Waals surface area contributed by atoms with Gasteiger partial charge in [-0.05, 0) is 51.5 Å². The van der Waals surface area contributed by atoms with Crippen LogP contribution in [0.1, 0.15) is 32.1 Å². The Balaban J connectivity index is 0.000000262. The average molecular weight is 426 g/mol. The summed E-state index contributed by atoms with van der Waals surface area (Å²) in [6.45, 7) is 7.03. The number of esters is 1. The largest absolute Gasteiger partial charge is 0.508 e. The molecule has 0 radical (unpaired) electrons. The highest BCUT2D eigenvalue weighted by atomic mass is 16.5. The van der Waals surface area contributed by atoms with E-state index in [1.807, 2.05) is 19.9 Å². The molecular weight excluding hydrogens is 400 g/mol. The van der Waals surface area contributed by atoms with E-state index in [1.165, 1.54) is 50.4 Å². The molecule has 0 unspecified atom stereocenters. The van der Waals surface area contributed by atoms with Gasteiger partial charge < -0.3 is 24.1 Å². The predicted octanol–water partition coefficient (Wildman–Crippen LogP) is 4.64. The van der Waals surface area contributed by atoms with Crippen molar-refractivity contribution in [3.05, 3.63) is 69.6 Å². The molecule has 0 fully saturated rings. The molecule has 0 aliphatic carbocycles. The summed E-state index contributed by atoms with van der Waals surface area (Å²) in [5.74, 6) is 1.13. The molecule has 0 spiro atoms. The van der Waals surface area contributed by atoms with Crippen LogP contribution in [0.25, 0.3) is 11.0 Å². The lowest BCUT2D eigenvalue weighted by Crippen LogP contribution is -2.04. The van der Waals surface area contributed by atoms with E-state index in [1.54, 1.807) is 6.92 Å². The van der Waals surface area contributed by atoms with Crippen molar-refractivity contribution in [2.45, 2.75) is 34.1 Å². The van der Waals surface area contributed by atoms with E-state index < -0.39 is 0 Å². The van der Waals surface area contributed by atoms with Gasteiger partial charge in [-0.15, -0.1) is 0 Å². The van der Waals surface area contributed by atoms with Gasteiger partial charge in [-0.2, -0.15) is 0 Å². The Labute approximate surface area is 180 Å². The SMILES string of the molecule is CC(=O)Oc1ccc(O)cc1.COc1cc(O)c2c(=O)cc(C)oc2c1CC=C(C)C. The molecule has 7 nitrogen and oxygen atoms in total. The standard InChI is InChI=1S/C16H18O4.C8H8O3/c1-9(2)5-6-11-14(19-4)8-13(18)15-12(17)7-10(3)20-16(11)15;1-6(9)11-8-4-2-7(10)3-5-8/h5,7-8,18H,6H2,1-4H3;2-5,10H,1H3. The third-order valence-electron chi connectivity index (χ3n) is 4.20. The quantitative estimate of drug-likeness (QED) is 0.355. The summed E-state index contributed by atoms with van der Waals surface area (Å²) in [6, 6.07) is 8.80. The first-order valence-corrected chi connectivity index (χ1v) is 9.56. The Hall–Kier alpha value is -3.74. The normalized spacial score (nSPS) is 10.1. The van der Waals surface area contributed by atoms with Crippen LogP contribution in [0.4, 0.5) is 0 Å². The van der Waals surface area contributed by atoms with Crippen LogP contribution < -0.4 is 14.9 Å². The number of methoxy groups -OCH3 is 1. The zero-order valence-electron chi connectivity index (χ0n) is 18.2. The fourth-order valence-corrected chi connectivity index (χ4v) is 2.82. The van der Waals surface area contributed by atoms with Gasteiger partial charge in [0, 0.05) is 24.6 Å². The molecule has 0 atom stereocenters. The van der Waals surface area contributed by atoms with Gasteiger partial charge in [0.2, 0.25) is 0 Å². The molecule has 7 heteroatoms. The lowest BCUT2D eigenvalue weighted by molar-refractivity contribution is -0.131. The molecule has 0 aliphatic rings. The van der Waals surface area contributed by atoms with E-state index in [-0.39, 0.29) is 28.3 Å². The summed E-state index contributed by atoms with van der Waals surface area (Å²) in [6.07, 6.45) is 2.60. The molecule has 1 heterocycles. The number of hydrogen-bond acceptors (Lipinski definition) is 7. The topological polar surface area (TPSA) is 106 Å². The Morgan fingerprint density at radius 3 is 2.29 bits per heavy atom. The number of carbonyl (C=O) groups excluding carboxylic acids is 1. The zero-order valence-corrected chi connectivity index (χ0v) is 18.2. The highest BCUT2D eigenvalue weighted by molar-refractivity contribution is 5.88. The lowest BCUT2D eigenvalue weighted by atomic mass is 10.0. The zero-order chi connectivity index (χ0) is 23.1. The van der Waals surface area contributed by atoms with Gasteiger partial charge in [-0.25, -0.2) is 0 Å². The molecule has 31 heavy (non-hydrogen) atoms. The van der Waals surface area contributed by atoms with Crippen molar-refractivity contribution >= 4 is 16.9 Å². The Morgan fingerprint density at radius 1 is 1.10 bits per heavy atom. The maximum atomic E-state index is 12.0. The molecule has 3 rings (SSSR count). The Morgan fingerprint density at radius 2 is 1.74 bits per heavy atom. The number of hydrogen-bond donors (Lipinski definition) is 2.